The molecule has 0 radical (unpaired) electrons. The van der Waals surface area contributed by atoms with Crippen molar-refractivity contribution in [3.63, 3.8) is 0 Å². The highest BCUT2D eigenvalue weighted by Gasteiger charge is 2.44. The van der Waals surface area contributed by atoms with Gasteiger partial charge in [-0.25, -0.2) is 18.0 Å². The van der Waals surface area contributed by atoms with Crippen molar-refractivity contribution in [2.75, 3.05) is 40.1 Å². The number of nitrogens with zero attached hydrogens (tertiary/aromatic N) is 1. The second kappa shape index (κ2) is 14.2. The number of hydrogen-bond acceptors (Lipinski definition) is 11. The predicted octanol–water partition coefficient (Wildman–Crippen LogP) is 2.24. The molecule has 14 nitrogen and oxygen atoms in total. The van der Waals surface area contributed by atoms with Gasteiger partial charge in [-0.05, 0) is 48.6 Å². The minimum atomic E-state index is -4.09. The Hall–Kier alpha value is -3.63. The Balaban J connectivity index is 1.34. The fourth-order valence-corrected chi connectivity index (χ4v) is 7.10. The highest BCUT2D eigenvalue weighted by molar-refractivity contribution is 7.89. The molecule has 2 aromatic rings. The lowest BCUT2D eigenvalue weighted by Gasteiger charge is -2.31. The van der Waals surface area contributed by atoms with Gasteiger partial charge in [0, 0.05) is 26.2 Å². The zero-order valence-corrected chi connectivity index (χ0v) is 26.2. The Kier molecular flexibility index (Phi) is 10.3. The SMILES string of the molecule is CNC(=O)Oc1ccc(C[C@H](NC(=O)OC2COC3OCCC23)[C@H](O)CN(CC(C)C)S(=O)(=O)c2ccc3c(c2)OCO3)cc1. The van der Waals surface area contributed by atoms with Crippen molar-refractivity contribution in [3.05, 3.63) is 48.0 Å². The lowest BCUT2D eigenvalue weighted by Crippen LogP contribution is -2.51. The maximum Gasteiger partial charge on any atom is 0.412 e. The number of ether oxygens (including phenoxy) is 6. The Morgan fingerprint density at radius 1 is 1.04 bits per heavy atom. The molecule has 0 spiro atoms. The highest BCUT2D eigenvalue weighted by Crippen LogP contribution is 2.35. The van der Waals surface area contributed by atoms with Crippen LogP contribution in [0.1, 0.15) is 25.8 Å². The van der Waals surface area contributed by atoms with Crippen LogP contribution in [0.5, 0.6) is 17.2 Å². The molecule has 3 aliphatic heterocycles. The van der Waals surface area contributed by atoms with Gasteiger partial charge < -0.3 is 44.2 Å². The molecular formula is C30H39N3O11S. The molecule has 5 rings (SSSR count). The number of aliphatic hydroxyl groups excluding tert-OH is 1. The molecule has 0 saturated carbocycles. The van der Waals surface area contributed by atoms with E-state index in [4.69, 9.17) is 28.4 Å². The van der Waals surface area contributed by atoms with Gasteiger partial charge in [0.1, 0.15) is 11.9 Å². The largest absolute Gasteiger partial charge is 0.454 e. The lowest BCUT2D eigenvalue weighted by molar-refractivity contribution is -0.0907. The third-order valence-corrected chi connectivity index (χ3v) is 9.57. The summed E-state index contributed by atoms with van der Waals surface area (Å²) in [5, 5.41) is 16.7. The van der Waals surface area contributed by atoms with E-state index in [9.17, 15) is 23.1 Å². The van der Waals surface area contributed by atoms with E-state index in [1.54, 1.807) is 24.3 Å². The molecule has 2 aromatic carbocycles. The maximum absolute atomic E-state index is 13.8. The van der Waals surface area contributed by atoms with E-state index < -0.39 is 46.7 Å². The first-order chi connectivity index (χ1) is 21.5. The first-order valence-corrected chi connectivity index (χ1v) is 16.2. The number of benzene rings is 2. The third-order valence-electron chi connectivity index (χ3n) is 7.75. The summed E-state index contributed by atoms with van der Waals surface area (Å²) in [5.41, 5.74) is 0.686. The fraction of sp³-hybridized carbons (Fsp3) is 0.533. The number of sulfonamides is 1. The summed E-state index contributed by atoms with van der Waals surface area (Å²) >= 11 is 0. The van der Waals surface area contributed by atoms with Crippen LogP contribution in [0.4, 0.5) is 9.59 Å². The van der Waals surface area contributed by atoms with Crippen LogP contribution < -0.4 is 24.8 Å². The van der Waals surface area contributed by atoms with E-state index >= 15 is 0 Å². The smallest absolute Gasteiger partial charge is 0.412 e. The van der Waals surface area contributed by atoms with Crippen LogP contribution in [0.15, 0.2) is 47.4 Å². The van der Waals surface area contributed by atoms with Crippen LogP contribution in [0.2, 0.25) is 0 Å². The summed E-state index contributed by atoms with van der Waals surface area (Å²) in [4.78, 5) is 24.7. The minimum absolute atomic E-state index is 0.00296. The van der Waals surface area contributed by atoms with Gasteiger partial charge in [0.05, 0.1) is 36.2 Å². The Morgan fingerprint density at radius 2 is 1.80 bits per heavy atom. The van der Waals surface area contributed by atoms with Gasteiger partial charge in [0.2, 0.25) is 16.8 Å². The molecular weight excluding hydrogens is 610 g/mol. The molecule has 3 aliphatic rings. The number of nitrogens with one attached hydrogen (secondary N) is 2. The summed E-state index contributed by atoms with van der Waals surface area (Å²) in [7, 11) is -2.64. The van der Waals surface area contributed by atoms with Crippen molar-refractivity contribution in [3.8, 4) is 17.2 Å². The minimum Gasteiger partial charge on any atom is -0.454 e. The van der Waals surface area contributed by atoms with E-state index in [2.05, 4.69) is 10.6 Å². The van der Waals surface area contributed by atoms with Crippen molar-refractivity contribution in [1.29, 1.82) is 0 Å². The van der Waals surface area contributed by atoms with E-state index in [0.717, 1.165) is 0 Å². The Labute approximate surface area is 261 Å². The van der Waals surface area contributed by atoms with Crippen LogP contribution >= 0.6 is 0 Å². The first kappa shape index (κ1) is 32.8. The standard InChI is InChI=1S/C30H39N3O11S/c1-18(2)14-33(45(37,38)21-8-9-25-26(13-21)42-17-41-25)15-24(34)23(12-19-4-6-20(7-5-19)43-29(35)31-3)32-30(36)44-27-16-40-28-22(27)10-11-39-28/h4-9,13,18,22-24,27-28,34H,10-12,14-17H2,1-3H3,(H,31,35)(H,32,36)/t22?,23-,24+,27?,28?/m0/s1. The van der Waals surface area contributed by atoms with Crippen molar-refractivity contribution >= 4 is 22.2 Å². The second-order valence-electron chi connectivity index (χ2n) is 11.5. The molecule has 246 valence electrons. The van der Waals surface area contributed by atoms with E-state index in [-0.39, 0.29) is 49.6 Å². The number of amides is 2. The van der Waals surface area contributed by atoms with E-state index in [1.807, 2.05) is 13.8 Å². The Bertz CT molecular complexity index is 1450. The maximum atomic E-state index is 13.8. The highest BCUT2D eigenvalue weighted by atomic mass is 32.2. The van der Waals surface area contributed by atoms with Gasteiger partial charge in [0.15, 0.2) is 17.8 Å². The van der Waals surface area contributed by atoms with Gasteiger partial charge in [-0.1, -0.05) is 26.0 Å². The molecule has 0 aliphatic carbocycles. The molecule has 2 fully saturated rings. The summed E-state index contributed by atoms with van der Waals surface area (Å²) < 4.78 is 61.5. The summed E-state index contributed by atoms with van der Waals surface area (Å²) in [5.74, 6) is 0.907. The van der Waals surface area contributed by atoms with Crippen LogP contribution in [0.25, 0.3) is 0 Å². The van der Waals surface area contributed by atoms with Gasteiger partial charge in [-0.3, -0.25) is 0 Å². The van der Waals surface area contributed by atoms with Crippen LogP contribution in [0, 0.1) is 11.8 Å². The molecule has 3 heterocycles. The summed E-state index contributed by atoms with van der Waals surface area (Å²) in [6.45, 7) is 4.24. The number of carbonyl (C=O) groups excluding carboxylic acids is 2. The zero-order valence-electron chi connectivity index (χ0n) is 25.3. The average molecular weight is 650 g/mol. The fourth-order valence-electron chi connectivity index (χ4n) is 5.46. The van der Waals surface area contributed by atoms with Crippen LogP contribution in [-0.2, 0) is 30.7 Å². The topological polar surface area (TPSA) is 171 Å². The van der Waals surface area contributed by atoms with E-state index in [0.29, 0.717) is 35.8 Å². The van der Waals surface area contributed by atoms with E-state index in [1.165, 1.54) is 29.6 Å². The summed E-state index contributed by atoms with van der Waals surface area (Å²) in [6, 6.07) is 9.94. The lowest BCUT2D eigenvalue weighted by atomic mass is 10.0. The molecule has 3 unspecified atom stereocenters. The molecule has 5 atom stereocenters. The number of fused-ring (bicyclic) bond motifs is 2. The molecule has 2 saturated heterocycles. The van der Waals surface area contributed by atoms with Gasteiger partial charge in [-0.2, -0.15) is 4.31 Å². The van der Waals surface area contributed by atoms with Crippen molar-refractivity contribution in [2.24, 2.45) is 11.8 Å². The molecule has 2 amide bonds. The normalized spacial score (nSPS) is 21.8. The number of aliphatic hydroxyl groups is 1. The number of rotatable bonds is 12. The van der Waals surface area contributed by atoms with Crippen LogP contribution in [-0.4, -0.2) is 94.7 Å². The molecule has 0 aromatic heterocycles. The van der Waals surface area contributed by atoms with Crippen molar-refractivity contribution in [1.82, 2.24) is 14.9 Å². The number of hydrogen-bond donors (Lipinski definition) is 3. The average Bonchev–Trinajstić information content (AvgIpc) is 3.75. The zero-order chi connectivity index (χ0) is 32.1. The molecule has 15 heteroatoms. The van der Waals surface area contributed by atoms with Crippen molar-refractivity contribution in [2.45, 2.75) is 56.1 Å². The van der Waals surface area contributed by atoms with Crippen molar-refractivity contribution < 1.29 is 51.5 Å². The van der Waals surface area contributed by atoms with Gasteiger partial charge >= 0.3 is 12.2 Å². The number of alkyl carbamates (subject to hydrolysis) is 1. The van der Waals surface area contributed by atoms with Gasteiger partial charge in [0.25, 0.3) is 0 Å². The number of carbonyl (C=O) groups is 2. The molecule has 0 bridgehead atoms. The second-order valence-corrected chi connectivity index (χ2v) is 13.4. The molecule has 3 N–H and O–H groups in total. The first-order valence-electron chi connectivity index (χ1n) is 14.8. The summed E-state index contributed by atoms with van der Waals surface area (Å²) in [6.07, 6.45) is -2.85. The quantitative estimate of drug-likeness (QED) is 0.308. The monoisotopic (exact) mass is 649 g/mol. The van der Waals surface area contributed by atoms with Crippen LogP contribution in [0.3, 0.4) is 0 Å². The Morgan fingerprint density at radius 3 is 2.53 bits per heavy atom. The van der Waals surface area contributed by atoms with Gasteiger partial charge in [-0.15, -0.1) is 0 Å². The molecule has 45 heavy (non-hydrogen) atoms. The predicted molar refractivity (Wildman–Crippen MR) is 158 cm³/mol. The third kappa shape index (κ3) is 7.97.